The first-order valence-electron chi connectivity index (χ1n) is 5.44. The van der Waals surface area contributed by atoms with Crippen LogP contribution in [0.3, 0.4) is 0 Å². The smallest absolute Gasteiger partial charge is 0.393 e. The number of aliphatic hydroxyl groups excluding tert-OH is 1. The van der Waals surface area contributed by atoms with Gasteiger partial charge in [0.25, 0.3) is 0 Å². The van der Waals surface area contributed by atoms with Crippen molar-refractivity contribution in [2.45, 2.75) is 30.5 Å². The Morgan fingerprint density at radius 2 is 1.88 bits per heavy atom. The molecule has 5 heteroatoms. The normalized spacial score (nSPS) is 28.9. The highest BCUT2D eigenvalue weighted by Crippen LogP contribution is 2.47. The fraction of sp³-hybridized carbons (Fsp3) is 0.500. The second kappa shape index (κ2) is 3.99. The van der Waals surface area contributed by atoms with E-state index in [0.717, 1.165) is 6.07 Å². The van der Waals surface area contributed by atoms with Crippen LogP contribution in [0.4, 0.5) is 13.2 Å². The molecule has 0 bridgehead atoms. The highest BCUT2D eigenvalue weighted by atomic mass is 19.4. The van der Waals surface area contributed by atoms with Crippen LogP contribution in [0.25, 0.3) is 0 Å². The van der Waals surface area contributed by atoms with Gasteiger partial charge in [-0.3, -0.25) is 0 Å². The Bertz CT molecular complexity index is 410. The Balaban J connectivity index is 2.45. The molecule has 0 aromatic heterocycles. The molecule has 0 amide bonds. The summed E-state index contributed by atoms with van der Waals surface area (Å²) in [4.78, 5) is 0. The molecule has 0 heterocycles. The standard InChI is InChI=1S/C12H14F3NO/c13-12(14,15)10-4-2-1-3-9(10)11(7-16)5-8(17)6-11/h1-4,8,17H,5-7,16H2. The van der Waals surface area contributed by atoms with Gasteiger partial charge in [-0.15, -0.1) is 0 Å². The Morgan fingerprint density at radius 3 is 2.35 bits per heavy atom. The molecule has 1 aliphatic carbocycles. The largest absolute Gasteiger partial charge is 0.416 e. The van der Waals surface area contributed by atoms with Crippen molar-refractivity contribution in [3.63, 3.8) is 0 Å². The minimum Gasteiger partial charge on any atom is -0.393 e. The third kappa shape index (κ3) is 2.05. The van der Waals surface area contributed by atoms with Crippen molar-refractivity contribution in [1.29, 1.82) is 0 Å². The van der Waals surface area contributed by atoms with Gasteiger partial charge in [0.1, 0.15) is 0 Å². The molecule has 94 valence electrons. The van der Waals surface area contributed by atoms with Crippen LogP contribution in [0.2, 0.25) is 0 Å². The molecular weight excluding hydrogens is 231 g/mol. The van der Waals surface area contributed by atoms with Crippen molar-refractivity contribution in [3.05, 3.63) is 35.4 Å². The van der Waals surface area contributed by atoms with Crippen LogP contribution in [0, 0.1) is 0 Å². The Kier molecular flexibility index (Phi) is 2.91. The van der Waals surface area contributed by atoms with Crippen molar-refractivity contribution in [2.75, 3.05) is 6.54 Å². The summed E-state index contributed by atoms with van der Waals surface area (Å²) in [5.41, 5.74) is 4.45. The number of hydrogen-bond acceptors (Lipinski definition) is 2. The highest BCUT2D eigenvalue weighted by molar-refractivity contribution is 5.39. The number of alkyl halides is 3. The molecule has 0 spiro atoms. The molecular formula is C12H14F3NO. The summed E-state index contributed by atoms with van der Waals surface area (Å²) in [5, 5.41) is 9.33. The van der Waals surface area contributed by atoms with E-state index in [1.165, 1.54) is 12.1 Å². The van der Waals surface area contributed by atoms with Gasteiger partial charge < -0.3 is 10.8 Å². The van der Waals surface area contributed by atoms with Gasteiger partial charge in [0.2, 0.25) is 0 Å². The minimum atomic E-state index is -4.38. The molecule has 2 nitrogen and oxygen atoms in total. The number of benzene rings is 1. The third-order valence-electron chi connectivity index (χ3n) is 3.45. The Labute approximate surface area is 97.2 Å². The maximum absolute atomic E-state index is 12.9. The molecule has 1 saturated carbocycles. The summed E-state index contributed by atoms with van der Waals surface area (Å²) in [6.07, 6.45) is -4.31. The van der Waals surface area contributed by atoms with Gasteiger partial charge in [-0.1, -0.05) is 18.2 Å². The molecule has 0 radical (unpaired) electrons. The number of nitrogens with two attached hydrogens (primary N) is 1. The lowest BCUT2D eigenvalue weighted by molar-refractivity contribution is -0.139. The number of rotatable bonds is 2. The lowest BCUT2D eigenvalue weighted by Crippen LogP contribution is -2.50. The first-order valence-corrected chi connectivity index (χ1v) is 5.44. The Hall–Kier alpha value is -1.07. The molecule has 0 saturated heterocycles. The van der Waals surface area contributed by atoms with Gasteiger partial charge in [0, 0.05) is 12.0 Å². The Morgan fingerprint density at radius 1 is 1.29 bits per heavy atom. The van der Waals surface area contributed by atoms with E-state index >= 15 is 0 Å². The van der Waals surface area contributed by atoms with Crippen molar-refractivity contribution < 1.29 is 18.3 Å². The second-order valence-corrected chi connectivity index (χ2v) is 4.59. The van der Waals surface area contributed by atoms with Crippen molar-refractivity contribution in [3.8, 4) is 0 Å². The van der Waals surface area contributed by atoms with E-state index in [1.54, 1.807) is 6.07 Å². The molecule has 1 aromatic carbocycles. The van der Waals surface area contributed by atoms with Crippen LogP contribution in [0.15, 0.2) is 24.3 Å². The maximum atomic E-state index is 12.9. The highest BCUT2D eigenvalue weighted by Gasteiger charge is 2.48. The third-order valence-corrected chi connectivity index (χ3v) is 3.45. The number of halogens is 3. The zero-order chi connectivity index (χ0) is 12.7. The van der Waals surface area contributed by atoms with E-state index in [1.807, 2.05) is 0 Å². The average molecular weight is 245 g/mol. The molecule has 1 aromatic rings. The fourth-order valence-corrected chi connectivity index (χ4v) is 2.53. The molecule has 3 N–H and O–H groups in total. The maximum Gasteiger partial charge on any atom is 0.416 e. The zero-order valence-corrected chi connectivity index (χ0v) is 9.17. The summed E-state index contributed by atoms with van der Waals surface area (Å²) < 4.78 is 38.6. The monoisotopic (exact) mass is 245 g/mol. The second-order valence-electron chi connectivity index (χ2n) is 4.59. The van der Waals surface area contributed by atoms with Gasteiger partial charge in [-0.2, -0.15) is 13.2 Å². The lowest BCUT2D eigenvalue weighted by Gasteiger charge is -2.46. The first kappa shape index (κ1) is 12.4. The van der Waals surface area contributed by atoms with Gasteiger partial charge >= 0.3 is 6.18 Å². The SMILES string of the molecule is NCC1(c2ccccc2C(F)(F)F)CC(O)C1. The van der Waals surface area contributed by atoms with Gasteiger partial charge in [0.05, 0.1) is 11.7 Å². The van der Waals surface area contributed by atoms with E-state index in [-0.39, 0.29) is 12.1 Å². The van der Waals surface area contributed by atoms with E-state index < -0.39 is 23.3 Å². The molecule has 0 atom stereocenters. The van der Waals surface area contributed by atoms with E-state index in [0.29, 0.717) is 12.8 Å². The van der Waals surface area contributed by atoms with Crippen LogP contribution >= 0.6 is 0 Å². The molecule has 2 rings (SSSR count). The number of aliphatic hydroxyl groups is 1. The molecule has 0 unspecified atom stereocenters. The predicted molar refractivity (Wildman–Crippen MR) is 57.4 cm³/mol. The molecule has 1 fully saturated rings. The van der Waals surface area contributed by atoms with Crippen LogP contribution in [-0.2, 0) is 11.6 Å². The number of hydrogen-bond donors (Lipinski definition) is 2. The van der Waals surface area contributed by atoms with Crippen LogP contribution < -0.4 is 5.73 Å². The molecule has 17 heavy (non-hydrogen) atoms. The lowest BCUT2D eigenvalue weighted by atomic mass is 9.61. The summed E-state index contributed by atoms with van der Waals surface area (Å²) in [7, 11) is 0. The van der Waals surface area contributed by atoms with Gasteiger partial charge in [-0.05, 0) is 24.5 Å². The van der Waals surface area contributed by atoms with E-state index in [4.69, 9.17) is 5.73 Å². The molecule has 1 aliphatic rings. The topological polar surface area (TPSA) is 46.2 Å². The first-order chi connectivity index (χ1) is 7.89. The van der Waals surface area contributed by atoms with Crippen molar-refractivity contribution in [1.82, 2.24) is 0 Å². The zero-order valence-electron chi connectivity index (χ0n) is 9.17. The minimum absolute atomic E-state index is 0.122. The van der Waals surface area contributed by atoms with Crippen LogP contribution in [0.5, 0.6) is 0 Å². The fourth-order valence-electron chi connectivity index (χ4n) is 2.53. The summed E-state index contributed by atoms with van der Waals surface area (Å²) in [6.45, 7) is 0.122. The quantitative estimate of drug-likeness (QED) is 0.837. The van der Waals surface area contributed by atoms with Crippen molar-refractivity contribution in [2.24, 2.45) is 5.73 Å². The summed E-state index contributed by atoms with van der Waals surface area (Å²) in [5.74, 6) is 0. The van der Waals surface area contributed by atoms with E-state index in [9.17, 15) is 18.3 Å². The van der Waals surface area contributed by atoms with Gasteiger partial charge in [-0.25, -0.2) is 0 Å². The van der Waals surface area contributed by atoms with Crippen LogP contribution in [-0.4, -0.2) is 17.8 Å². The predicted octanol–water partition coefficient (Wildman–Crippen LogP) is 2.06. The van der Waals surface area contributed by atoms with Crippen molar-refractivity contribution >= 4 is 0 Å². The summed E-state index contributed by atoms with van der Waals surface area (Å²) in [6, 6.07) is 5.47. The average Bonchev–Trinajstić information content (AvgIpc) is 2.23. The van der Waals surface area contributed by atoms with Gasteiger partial charge in [0.15, 0.2) is 0 Å². The molecule has 0 aliphatic heterocycles. The summed E-state index contributed by atoms with van der Waals surface area (Å²) >= 11 is 0. The van der Waals surface area contributed by atoms with E-state index in [2.05, 4.69) is 0 Å². The van der Waals surface area contributed by atoms with Crippen LogP contribution in [0.1, 0.15) is 24.0 Å².